The molecule has 21 heteroatoms. The van der Waals surface area contributed by atoms with Gasteiger partial charge >= 0.3 is 0 Å². The third-order valence-corrected chi connectivity index (χ3v) is 21.8. The summed E-state index contributed by atoms with van der Waals surface area (Å²) in [7, 11) is 0. The van der Waals surface area contributed by atoms with Crippen molar-refractivity contribution >= 4 is 0 Å². The van der Waals surface area contributed by atoms with Crippen LogP contribution in [0.25, 0.3) is 0 Å². The Morgan fingerprint density at radius 3 is 1.73 bits per heavy atom. The van der Waals surface area contributed by atoms with Crippen molar-refractivity contribution in [3.8, 4) is 0 Å². The average molecular weight is 1060 g/mol. The van der Waals surface area contributed by atoms with E-state index in [1.54, 1.807) is 6.92 Å². The molecule has 0 amide bonds. The maximum absolute atomic E-state index is 11.9. The molecule has 74 heavy (non-hydrogen) atoms. The molecule has 0 aromatic rings. The van der Waals surface area contributed by atoms with Gasteiger partial charge in [-0.15, -0.1) is 0 Å². The highest BCUT2D eigenvalue weighted by molar-refractivity contribution is 5.35. The average Bonchev–Trinajstić information content (AvgIpc) is 3.78. The van der Waals surface area contributed by atoms with E-state index in [0.29, 0.717) is 18.8 Å². The first-order valence-corrected chi connectivity index (χ1v) is 27.3. The number of hydrogen-bond acceptors (Lipinski definition) is 21. The predicted octanol–water partition coefficient (Wildman–Crippen LogP) is -0.906. The molecular weight excluding hydrogens is 973 g/mol. The van der Waals surface area contributed by atoms with Gasteiger partial charge < -0.3 is 104 Å². The quantitative estimate of drug-likeness (QED) is 0.0832. The molecule has 2 bridgehead atoms. The lowest BCUT2D eigenvalue weighted by molar-refractivity contribution is -0.400. The van der Waals surface area contributed by atoms with Crippen LogP contribution in [0.1, 0.15) is 106 Å². The van der Waals surface area contributed by atoms with Crippen molar-refractivity contribution in [3.05, 3.63) is 12.2 Å². The van der Waals surface area contributed by atoms with Crippen molar-refractivity contribution < 1.29 is 104 Å². The molecule has 1 spiro atoms. The van der Waals surface area contributed by atoms with Gasteiger partial charge in [-0.25, -0.2) is 0 Å². The smallest absolute Gasteiger partial charge is 0.187 e. The summed E-state index contributed by atoms with van der Waals surface area (Å²) in [5, 5.41) is 131. The van der Waals surface area contributed by atoms with Gasteiger partial charge in [0, 0.05) is 16.7 Å². The largest absolute Gasteiger partial charge is 0.396 e. The molecule has 0 aromatic heterocycles. The Kier molecular flexibility index (Phi) is 15.1. The van der Waals surface area contributed by atoms with Gasteiger partial charge in [-0.05, 0) is 98.2 Å². The molecular formula is C53H86O21. The molecule has 5 aliphatic heterocycles. The summed E-state index contributed by atoms with van der Waals surface area (Å²) in [5.74, 6) is 0.528. The van der Waals surface area contributed by atoms with E-state index in [1.807, 2.05) is 6.92 Å². The van der Waals surface area contributed by atoms with Crippen LogP contribution in [0.2, 0.25) is 0 Å². The van der Waals surface area contributed by atoms with E-state index >= 15 is 0 Å². The first-order valence-electron chi connectivity index (χ1n) is 27.3. The highest BCUT2D eigenvalue weighted by Crippen LogP contribution is 2.79. The highest BCUT2D eigenvalue weighted by Gasteiger charge is 2.77. The molecule has 29 unspecified atom stereocenters. The third-order valence-electron chi connectivity index (χ3n) is 21.8. The fraction of sp³-hybridized carbons (Fsp3) is 0.962. The zero-order valence-corrected chi connectivity index (χ0v) is 43.9. The van der Waals surface area contributed by atoms with E-state index in [0.717, 1.165) is 38.7 Å². The number of aliphatic hydroxyl groups excluding tert-OH is 12. The molecule has 10 aliphatic rings. The maximum Gasteiger partial charge on any atom is 0.187 e. The molecule has 0 radical (unpaired) electrons. The Bertz CT molecular complexity index is 2030. The number of ether oxygens (including phenoxy) is 9. The van der Waals surface area contributed by atoms with Crippen molar-refractivity contribution in [1.29, 1.82) is 0 Å². The van der Waals surface area contributed by atoms with Gasteiger partial charge in [0.1, 0.15) is 85.5 Å². The lowest BCUT2D eigenvalue weighted by atomic mass is 9.32. The van der Waals surface area contributed by atoms with Crippen LogP contribution in [-0.4, -0.2) is 223 Å². The lowest BCUT2D eigenvalue weighted by Gasteiger charge is -2.73. The second-order valence-electron chi connectivity index (χ2n) is 26.0. The van der Waals surface area contributed by atoms with Crippen LogP contribution in [0.3, 0.4) is 0 Å². The van der Waals surface area contributed by atoms with E-state index < -0.39 is 148 Å². The number of allylic oxidation sites excluding steroid dienone is 1. The number of rotatable bonds is 12. The highest BCUT2D eigenvalue weighted by atomic mass is 16.8. The summed E-state index contributed by atoms with van der Waals surface area (Å²) < 4.78 is 56.4. The van der Waals surface area contributed by atoms with Gasteiger partial charge in [0.25, 0.3) is 0 Å². The summed E-state index contributed by atoms with van der Waals surface area (Å²) in [6.07, 6.45) is -18.2. The van der Waals surface area contributed by atoms with E-state index in [9.17, 15) is 61.3 Å². The topological polar surface area (TPSA) is 326 Å². The Morgan fingerprint density at radius 1 is 0.527 bits per heavy atom. The molecule has 4 saturated carbocycles. The fourth-order valence-corrected chi connectivity index (χ4v) is 17.0. The molecule has 10 rings (SSSR count). The summed E-state index contributed by atoms with van der Waals surface area (Å²) in [6.45, 7) is 14.0. The second kappa shape index (κ2) is 19.9. The zero-order valence-electron chi connectivity index (χ0n) is 43.9. The molecule has 5 heterocycles. The number of hydrogen-bond donors (Lipinski definition) is 12. The normalized spacial score (nSPS) is 57.8. The van der Waals surface area contributed by atoms with Gasteiger partial charge in [-0.3, -0.25) is 0 Å². The van der Waals surface area contributed by atoms with E-state index in [-0.39, 0.29) is 51.1 Å². The molecule has 0 aromatic carbocycles. The van der Waals surface area contributed by atoms with E-state index in [4.69, 9.17) is 42.6 Å². The van der Waals surface area contributed by atoms with Gasteiger partial charge in [0.2, 0.25) is 0 Å². The van der Waals surface area contributed by atoms with Crippen LogP contribution < -0.4 is 0 Å². The van der Waals surface area contributed by atoms with Crippen LogP contribution in [0, 0.1) is 50.2 Å². The molecule has 12 N–H and O–H groups in total. The molecule has 424 valence electrons. The van der Waals surface area contributed by atoms with Gasteiger partial charge in [-0.2, -0.15) is 0 Å². The van der Waals surface area contributed by atoms with Crippen molar-refractivity contribution in [2.24, 2.45) is 50.2 Å². The van der Waals surface area contributed by atoms with E-state index in [2.05, 4.69) is 46.8 Å². The maximum atomic E-state index is 11.9. The first kappa shape index (κ1) is 56.2. The summed E-state index contributed by atoms with van der Waals surface area (Å²) in [6, 6.07) is 0. The van der Waals surface area contributed by atoms with Crippen molar-refractivity contribution in [2.45, 2.75) is 235 Å². The Hall–Kier alpha value is -1.10. The lowest BCUT2D eigenvalue weighted by Crippen LogP contribution is -2.71. The minimum Gasteiger partial charge on any atom is -0.396 e. The summed E-state index contributed by atoms with van der Waals surface area (Å²) in [4.78, 5) is 0. The third kappa shape index (κ3) is 8.33. The number of fused-ring (bicyclic) bond motifs is 4. The molecule has 29 atom stereocenters. The fourth-order valence-electron chi connectivity index (χ4n) is 17.0. The first-order chi connectivity index (χ1) is 34.8. The van der Waals surface area contributed by atoms with Crippen LogP contribution in [-0.2, 0) is 42.6 Å². The Balaban J connectivity index is 0.933. The number of aliphatic hydroxyl groups is 12. The monoisotopic (exact) mass is 1060 g/mol. The van der Waals surface area contributed by atoms with Crippen LogP contribution in [0.5, 0.6) is 0 Å². The molecule has 5 saturated heterocycles. The van der Waals surface area contributed by atoms with Crippen LogP contribution in [0.15, 0.2) is 12.2 Å². The second-order valence-corrected chi connectivity index (χ2v) is 26.0. The van der Waals surface area contributed by atoms with E-state index in [1.165, 1.54) is 12.8 Å². The van der Waals surface area contributed by atoms with Gasteiger partial charge in [-0.1, -0.05) is 53.7 Å². The summed E-state index contributed by atoms with van der Waals surface area (Å²) in [5.41, 5.74) is -1.36. The van der Waals surface area contributed by atoms with Gasteiger partial charge in [0.05, 0.1) is 50.8 Å². The molecule has 5 aliphatic carbocycles. The Labute approximate surface area is 433 Å². The zero-order chi connectivity index (χ0) is 53.5. The molecule has 21 nitrogen and oxygen atoms in total. The van der Waals surface area contributed by atoms with Crippen molar-refractivity contribution in [2.75, 3.05) is 33.0 Å². The molecule has 9 fully saturated rings. The van der Waals surface area contributed by atoms with Gasteiger partial charge in [0.15, 0.2) is 25.2 Å². The minimum atomic E-state index is -1.99. The van der Waals surface area contributed by atoms with Crippen LogP contribution >= 0.6 is 0 Å². The van der Waals surface area contributed by atoms with Crippen LogP contribution in [0.4, 0.5) is 0 Å². The Morgan fingerprint density at radius 2 is 1.09 bits per heavy atom. The van der Waals surface area contributed by atoms with Crippen molar-refractivity contribution in [3.63, 3.8) is 0 Å². The summed E-state index contributed by atoms with van der Waals surface area (Å²) >= 11 is 0. The SMILES string of the molecule is CC1OC(OC2CCC3(C)C(CCC4(C)C3C=CC35OCC6(CCC(C)(C)CC63)CCC45C)C2(C)CO)C(OC2OC(CO)C(O)C(O)C2O)C(OC2OC(CO)C(OC3OC(CO)C(O)C3O)C(O)C2O)C1O. The van der Waals surface area contributed by atoms with Crippen molar-refractivity contribution in [1.82, 2.24) is 0 Å². The predicted molar refractivity (Wildman–Crippen MR) is 255 cm³/mol. The minimum absolute atomic E-state index is 0.0604. The standard InChI is InChI=1S/C53H86O21/c1-24-32(58)41(73-45-39(65)36(62)40(27(21-56)70-45)72-43-37(63)34(60)26(20-55)69-43)42(74-44-38(64)35(61)33(59)25(19-54)68-44)46(67-24)71-31-10-11-48(4)28(49(31,5)22-57)8-12-50(6)29(48)9-13-53-30-18-47(2,3)14-16-52(30,23-66-53)17-15-51(50,53)7/h9,13,24-46,54-65H,8,10-12,14-23H2,1-7H3.